The average Bonchev–Trinajstić information content (AvgIpc) is 2.06. The van der Waals surface area contributed by atoms with Crippen LogP contribution in [0.15, 0.2) is 0 Å². The van der Waals surface area contributed by atoms with Crippen LogP contribution in [0.3, 0.4) is 0 Å². The monoisotopic (exact) mass is 164 g/mol. The predicted molar refractivity (Wildman–Crippen MR) is 46.2 cm³/mol. The molecule has 0 heterocycles. The number of carboxylic acid groups (broad SMARTS) is 1. The van der Waals surface area contributed by atoms with Crippen molar-refractivity contribution in [1.29, 1.82) is 0 Å². The zero-order valence-corrected chi connectivity index (χ0v) is 7.18. The van der Waals surface area contributed by atoms with Gasteiger partial charge in [0.1, 0.15) is 0 Å². The third kappa shape index (κ3) is 0.986. The third-order valence-corrected chi connectivity index (χ3v) is 3.76. The second-order valence-corrected chi connectivity index (χ2v) is 4.45. The highest BCUT2D eigenvalue weighted by Crippen LogP contribution is 2.59. The van der Waals surface area contributed by atoms with Crippen molar-refractivity contribution in [3.05, 3.63) is 0 Å². The predicted octanol–water partition coefficient (Wildman–Crippen LogP) is 1.75. The van der Waals surface area contributed by atoms with E-state index in [1.807, 2.05) is 0 Å². The zero-order valence-electron chi connectivity index (χ0n) is 7.18. The molecule has 3 heteroatoms. The minimum atomic E-state index is -0.607. The Balaban J connectivity index is 2.20. The van der Waals surface area contributed by atoms with Gasteiger partial charge in [0.15, 0.2) is 0 Å². The van der Waals surface area contributed by atoms with E-state index < -0.39 is 11.4 Å². The molecule has 0 atom stereocenters. The zero-order chi connectivity index (χ0) is 8.82. The Bertz CT molecular complexity index is 200. The van der Waals surface area contributed by atoms with Crippen molar-refractivity contribution in [2.75, 3.05) is 0 Å². The van der Waals surface area contributed by atoms with Gasteiger partial charge in [-0.15, -0.1) is 0 Å². The molecule has 0 spiro atoms. The van der Waals surface area contributed by atoms with Crippen molar-refractivity contribution < 1.29 is 9.90 Å². The Kier molecular flexibility index (Phi) is 1.54. The fourth-order valence-corrected chi connectivity index (χ4v) is 2.54. The first-order valence-corrected chi connectivity index (χ1v) is 4.59. The molecule has 3 saturated carbocycles. The fourth-order valence-electron chi connectivity index (χ4n) is 2.54. The van der Waals surface area contributed by atoms with Gasteiger partial charge in [0, 0.05) is 0 Å². The first-order chi connectivity index (χ1) is 5.56. The molecule has 1 N–H and O–H groups in total. The summed E-state index contributed by atoms with van der Waals surface area (Å²) in [5.41, 5.74) is -0.402. The van der Waals surface area contributed by atoms with Crippen LogP contribution in [0, 0.1) is 5.41 Å². The molecule has 12 heavy (non-hydrogen) atoms. The van der Waals surface area contributed by atoms with Crippen LogP contribution in [0.2, 0.25) is 5.31 Å². The molecular formula is C9H13BO2. The fraction of sp³-hybridized carbons (Fsp3) is 0.889. The lowest BCUT2D eigenvalue weighted by Gasteiger charge is -2.50. The van der Waals surface area contributed by atoms with Gasteiger partial charge in [-0.25, -0.2) is 0 Å². The highest BCUT2D eigenvalue weighted by Gasteiger charge is 2.50. The van der Waals surface area contributed by atoms with Crippen LogP contribution >= 0.6 is 0 Å². The summed E-state index contributed by atoms with van der Waals surface area (Å²) in [6, 6.07) is 0. The van der Waals surface area contributed by atoms with Gasteiger partial charge in [-0.1, -0.05) is 24.6 Å². The van der Waals surface area contributed by atoms with Gasteiger partial charge in [-0.05, 0) is 19.3 Å². The summed E-state index contributed by atoms with van der Waals surface area (Å²) in [7, 11) is 6.06. The van der Waals surface area contributed by atoms with E-state index in [0.29, 0.717) is 0 Å². The van der Waals surface area contributed by atoms with E-state index in [9.17, 15) is 4.79 Å². The molecule has 0 unspecified atom stereocenters. The number of rotatable bonds is 1. The molecule has 0 amide bonds. The highest BCUT2D eigenvalue weighted by atomic mass is 16.4. The average molecular weight is 164 g/mol. The summed E-state index contributed by atoms with van der Waals surface area (Å²) in [5, 5.41) is 9.04. The summed E-state index contributed by atoms with van der Waals surface area (Å²) < 4.78 is 0. The SMILES string of the molecule is [B]C12CCC(C(=O)O)(CC1)CC2. The van der Waals surface area contributed by atoms with Crippen LogP contribution in [-0.2, 0) is 4.79 Å². The molecule has 3 fully saturated rings. The maximum absolute atomic E-state index is 11.0. The molecule has 0 saturated heterocycles. The number of hydrogen-bond donors (Lipinski definition) is 1. The molecule has 0 aliphatic heterocycles. The van der Waals surface area contributed by atoms with E-state index in [1.165, 1.54) is 0 Å². The summed E-state index contributed by atoms with van der Waals surface area (Å²) in [5.74, 6) is -0.607. The number of fused-ring (bicyclic) bond motifs is 3. The van der Waals surface area contributed by atoms with Crippen molar-refractivity contribution in [3.63, 3.8) is 0 Å². The summed E-state index contributed by atoms with van der Waals surface area (Å²) >= 11 is 0. The maximum Gasteiger partial charge on any atom is 0.309 e. The minimum Gasteiger partial charge on any atom is -0.481 e. The lowest BCUT2D eigenvalue weighted by atomic mass is 9.47. The topological polar surface area (TPSA) is 37.3 Å². The summed E-state index contributed by atoms with van der Waals surface area (Å²) in [4.78, 5) is 11.0. The Morgan fingerprint density at radius 2 is 1.50 bits per heavy atom. The number of aliphatic carboxylic acids is 1. The Morgan fingerprint density at radius 1 is 1.08 bits per heavy atom. The van der Waals surface area contributed by atoms with Crippen molar-refractivity contribution in [2.45, 2.75) is 43.8 Å². The highest BCUT2D eigenvalue weighted by molar-refractivity contribution is 6.15. The summed E-state index contributed by atoms with van der Waals surface area (Å²) in [6.07, 6.45) is 5.08. The van der Waals surface area contributed by atoms with Crippen molar-refractivity contribution in [3.8, 4) is 0 Å². The van der Waals surface area contributed by atoms with Crippen molar-refractivity contribution in [2.24, 2.45) is 5.41 Å². The molecule has 64 valence electrons. The maximum atomic E-state index is 11.0. The van der Waals surface area contributed by atoms with Crippen molar-refractivity contribution in [1.82, 2.24) is 0 Å². The van der Waals surface area contributed by atoms with Crippen LogP contribution in [-0.4, -0.2) is 18.9 Å². The molecule has 0 aromatic rings. The van der Waals surface area contributed by atoms with Gasteiger partial charge >= 0.3 is 5.97 Å². The Labute approximate surface area is 73.8 Å². The van der Waals surface area contributed by atoms with Crippen molar-refractivity contribution >= 4 is 13.8 Å². The molecule has 3 aliphatic carbocycles. The van der Waals surface area contributed by atoms with Gasteiger partial charge in [0.2, 0.25) is 0 Å². The van der Waals surface area contributed by atoms with Gasteiger partial charge in [-0.3, -0.25) is 4.79 Å². The smallest absolute Gasteiger partial charge is 0.309 e. The van der Waals surface area contributed by atoms with Crippen LogP contribution < -0.4 is 0 Å². The van der Waals surface area contributed by atoms with E-state index in [0.717, 1.165) is 38.5 Å². The molecule has 2 radical (unpaired) electrons. The van der Waals surface area contributed by atoms with Crippen LogP contribution in [0.5, 0.6) is 0 Å². The minimum absolute atomic E-state index is 0.0167. The molecule has 0 aromatic heterocycles. The van der Waals surface area contributed by atoms with Gasteiger partial charge in [0.05, 0.1) is 13.3 Å². The van der Waals surface area contributed by atoms with Crippen LogP contribution in [0.25, 0.3) is 0 Å². The molecule has 0 aromatic carbocycles. The summed E-state index contributed by atoms with van der Waals surface area (Å²) in [6.45, 7) is 0. The second kappa shape index (κ2) is 2.27. The van der Waals surface area contributed by atoms with Crippen LogP contribution in [0.4, 0.5) is 0 Å². The quantitative estimate of drug-likeness (QED) is 0.599. The molecule has 3 aliphatic rings. The lowest BCUT2D eigenvalue weighted by Crippen LogP contribution is -2.43. The normalized spacial score (nSPS) is 46.0. The molecule has 2 nitrogen and oxygen atoms in total. The first-order valence-electron chi connectivity index (χ1n) is 4.59. The first kappa shape index (κ1) is 8.15. The number of hydrogen-bond acceptors (Lipinski definition) is 1. The van der Waals surface area contributed by atoms with Crippen LogP contribution in [0.1, 0.15) is 38.5 Å². The van der Waals surface area contributed by atoms with E-state index in [-0.39, 0.29) is 5.31 Å². The largest absolute Gasteiger partial charge is 0.481 e. The van der Waals surface area contributed by atoms with Gasteiger partial charge < -0.3 is 5.11 Å². The molecule has 2 bridgehead atoms. The van der Waals surface area contributed by atoms with E-state index in [4.69, 9.17) is 13.0 Å². The molecular weight excluding hydrogens is 151 g/mol. The van der Waals surface area contributed by atoms with E-state index in [2.05, 4.69) is 0 Å². The lowest BCUT2D eigenvalue weighted by molar-refractivity contribution is -0.154. The van der Waals surface area contributed by atoms with E-state index in [1.54, 1.807) is 0 Å². The Hall–Kier alpha value is -0.465. The Morgan fingerprint density at radius 3 is 1.83 bits per heavy atom. The number of carboxylic acids is 1. The number of carbonyl (C=O) groups is 1. The standard InChI is InChI=1S/C9H13BO2/c10-9-4-1-8(2-5-9,3-6-9)7(11)12/h1-6H2,(H,11,12). The van der Waals surface area contributed by atoms with E-state index >= 15 is 0 Å². The molecule has 3 rings (SSSR count). The van der Waals surface area contributed by atoms with Gasteiger partial charge in [-0.2, -0.15) is 0 Å². The van der Waals surface area contributed by atoms with Gasteiger partial charge in [0.25, 0.3) is 0 Å². The third-order valence-electron chi connectivity index (χ3n) is 3.76. The second-order valence-electron chi connectivity index (χ2n) is 4.45.